The average Bonchev–Trinajstić information content (AvgIpc) is 3.04. The Bertz CT molecular complexity index is 1210. The van der Waals surface area contributed by atoms with Gasteiger partial charge in [0.05, 0.1) is 11.4 Å². The van der Waals surface area contributed by atoms with Gasteiger partial charge in [0.2, 0.25) is 0 Å². The summed E-state index contributed by atoms with van der Waals surface area (Å²) in [7, 11) is -4.27. The molecule has 0 aliphatic rings. The number of rotatable bonds is 5. The molecule has 0 bridgehead atoms. The molecule has 3 aromatic rings. The van der Waals surface area contributed by atoms with Crippen LogP contribution in [0.15, 0.2) is 47.4 Å². The molecule has 0 saturated carbocycles. The second-order valence-electron chi connectivity index (χ2n) is 6.25. The molecule has 31 heavy (non-hydrogen) atoms. The zero-order chi connectivity index (χ0) is 23.1. The number of alkyl halides is 5. The number of nitrogens with zero attached hydrogens (tertiary/aromatic N) is 2. The quantitative estimate of drug-likeness (QED) is 0.492. The average molecular weight is 468 g/mol. The Morgan fingerprint density at radius 3 is 2.16 bits per heavy atom. The lowest BCUT2D eigenvalue weighted by Gasteiger charge is -2.12. The first-order valence-corrected chi connectivity index (χ1v) is 10.1. The predicted molar refractivity (Wildman–Crippen MR) is 93.7 cm³/mol. The minimum atomic E-state index is -5.02. The molecule has 0 radical (unpaired) electrons. The van der Waals surface area contributed by atoms with E-state index < -0.39 is 50.6 Å². The van der Waals surface area contributed by atoms with E-state index in [4.69, 9.17) is 0 Å². The normalized spacial score (nSPS) is 12.4. The highest BCUT2D eigenvalue weighted by Crippen LogP contribution is 2.33. The summed E-state index contributed by atoms with van der Waals surface area (Å²) in [5, 5.41) is 3.59. The molecule has 0 saturated heterocycles. The van der Waals surface area contributed by atoms with E-state index in [0.717, 1.165) is 28.9 Å². The smallest absolute Gasteiger partial charge is 0.406 e. The van der Waals surface area contributed by atoms with Gasteiger partial charge in [0, 0.05) is 17.9 Å². The molecule has 0 unspecified atom stereocenters. The van der Waals surface area contributed by atoms with Crippen molar-refractivity contribution in [1.82, 2.24) is 9.78 Å². The van der Waals surface area contributed by atoms with Crippen LogP contribution in [-0.2, 0) is 9.84 Å². The lowest BCUT2D eigenvalue weighted by molar-refractivity contribution is -0.274. The van der Waals surface area contributed by atoms with E-state index in [-0.39, 0.29) is 16.9 Å². The Hall–Kier alpha value is -3.09. The van der Waals surface area contributed by atoms with Crippen molar-refractivity contribution < 1.29 is 43.9 Å². The van der Waals surface area contributed by atoms with E-state index in [2.05, 4.69) is 9.84 Å². The van der Waals surface area contributed by atoms with Gasteiger partial charge in [-0.3, -0.25) is 0 Å². The highest BCUT2D eigenvalue weighted by atomic mass is 32.2. The van der Waals surface area contributed by atoms with Gasteiger partial charge in [-0.1, -0.05) is 6.07 Å². The highest BCUT2D eigenvalue weighted by Gasteiger charge is 2.31. The SMILES string of the molecule is CS(=O)(=O)c1c(F)cc(-c2cc(C(F)F)nn2-c2cccc(OC(F)(F)F)c2)cc1F. The van der Waals surface area contributed by atoms with Crippen molar-refractivity contribution in [2.24, 2.45) is 0 Å². The standard InChI is InChI=1S/C18H11F7N2O3S/c1-31(28,29)16-12(19)5-9(6-13(16)20)15-8-14(17(21)22)26-27(15)10-3-2-4-11(7-10)30-18(23,24)25/h2-8,17H,1H3. The van der Waals surface area contributed by atoms with Gasteiger partial charge in [-0.15, -0.1) is 13.2 Å². The zero-order valence-corrected chi connectivity index (χ0v) is 16.1. The molecule has 0 amide bonds. The van der Waals surface area contributed by atoms with Crippen LogP contribution in [0, 0.1) is 11.6 Å². The van der Waals surface area contributed by atoms with Crippen LogP contribution >= 0.6 is 0 Å². The van der Waals surface area contributed by atoms with Crippen molar-refractivity contribution in [2.75, 3.05) is 6.26 Å². The second-order valence-corrected chi connectivity index (χ2v) is 8.21. The Morgan fingerprint density at radius 2 is 1.65 bits per heavy atom. The lowest BCUT2D eigenvalue weighted by atomic mass is 10.1. The van der Waals surface area contributed by atoms with E-state index in [1.165, 1.54) is 6.07 Å². The minimum absolute atomic E-state index is 0.184. The number of hydrogen-bond acceptors (Lipinski definition) is 4. The summed E-state index contributed by atoms with van der Waals surface area (Å²) in [4.78, 5) is -1.21. The third-order valence-electron chi connectivity index (χ3n) is 3.91. The molecular weight excluding hydrogens is 457 g/mol. The van der Waals surface area contributed by atoms with Crippen LogP contribution in [0.2, 0.25) is 0 Å². The molecule has 0 aliphatic heterocycles. The largest absolute Gasteiger partial charge is 0.573 e. The van der Waals surface area contributed by atoms with Gasteiger partial charge in [-0.2, -0.15) is 5.10 Å². The fourth-order valence-electron chi connectivity index (χ4n) is 2.78. The first-order valence-electron chi connectivity index (χ1n) is 8.20. The molecule has 1 aromatic heterocycles. The minimum Gasteiger partial charge on any atom is -0.406 e. The van der Waals surface area contributed by atoms with Crippen molar-refractivity contribution in [2.45, 2.75) is 17.7 Å². The Morgan fingerprint density at radius 1 is 1.03 bits per heavy atom. The molecule has 5 nitrogen and oxygen atoms in total. The van der Waals surface area contributed by atoms with E-state index in [9.17, 15) is 39.2 Å². The van der Waals surface area contributed by atoms with Crippen LogP contribution in [-0.4, -0.2) is 30.8 Å². The summed E-state index contributed by atoms with van der Waals surface area (Å²) in [5.74, 6) is -3.63. The van der Waals surface area contributed by atoms with E-state index in [1.54, 1.807) is 0 Å². The van der Waals surface area contributed by atoms with Gasteiger partial charge in [0.1, 0.15) is 28.0 Å². The summed E-state index contributed by atoms with van der Waals surface area (Å²) >= 11 is 0. The van der Waals surface area contributed by atoms with Crippen molar-refractivity contribution in [3.63, 3.8) is 0 Å². The summed E-state index contributed by atoms with van der Waals surface area (Å²) in [6.45, 7) is 0. The topological polar surface area (TPSA) is 61.2 Å². The van der Waals surface area contributed by atoms with Gasteiger partial charge in [-0.05, 0) is 30.3 Å². The third kappa shape index (κ3) is 4.98. The highest BCUT2D eigenvalue weighted by molar-refractivity contribution is 7.90. The Labute approximate surface area is 170 Å². The molecule has 1 heterocycles. The molecule has 0 fully saturated rings. The van der Waals surface area contributed by atoms with Gasteiger partial charge in [0.15, 0.2) is 9.84 Å². The Kier molecular flexibility index (Phi) is 5.74. The van der Waals surface area contributed by atoms with Crippen molar-refractivity contribution in [3.8, 4) is 22.7 Å². The summed E-state index contributed by atoms with van der Waals surface area (Å²) in [6.07, 6.45) is -7.55. The molecule has 0 N–H and O–H groups in total. The third-order valence-corrected chi connectivity index (χ3v) is 5.04. The molecular formula is C18H11F7N2O3S. The molecule has 2 aromatic carbocycles. The van der Waals surface area contributed by atoms with E-state index in [1.807, 2.05) is 0 Å². The second kappa shape index (κ2) is 7.87. The lowest BCUT2D eigenvalue weighted by Crippen LogP contribution is -2.17. The number of sulfone groups is 1. The zero-order valence-electron chi connectivity index (χ0n) is 15.3. The van der Waals surface area contributed by atoms with E-state index >= 15 is 0 Å². The van der Waals surface area contributed by atoms with Crippen molar-refractivity contribution >= 4 is 9.84 Å². The maximum Gasteiger partial charge on any atom is 0.573 e. The van der Waals surface area contributed by atoms with Gasteiger partial charge < -0.3 is 4.74 Å². The van der Waals surface area contributed by atoms with Crippen molar-refractivity contribution in [1.29, 1.82) is 0 Å². The monoisotopic (exact) mass is 468 g/mol. The number of benzene rings is 2. The number of hydrogen-bond donors (Lipinski definition) is 0. The van der Waals surface area contributed by atoms with Crippen molar-refractivity contribution in [3.05, 3.63) is 59.8 Å². The number of ether oxygens (including phenoxy) is 1. The van der Waals surface area contributed by atoms with E-state index in [0.29, 0.717) is 18.4 Å². The fraction of sp³-hybridized carbons (Fsp3) is 0.167. The first-order chi connectivity index (χ1) is 14.3. The molecule has 0 aliphatic carbocycles. The van der Waals surface area contributed by atoms with Crippen LogP contribution in [0.3, 0.4) is 0 Å². The van der Waals surface area contributed by atoms with Crippen LogP contribution in [0.25, 0.3) is 16.9 Å². The summed E-state index contributed by atoms with van der Waals surface area (Å²) in [5.41, 5.74) is -1.71. The first kappa shape index (κ1) is 22.6. The molecule has 3 rings (SSSR count). The van der Waals surface area contributed by atoms with Gasteiger partial charge in [-0.25, -0.2) is 30.7 Å². The fourth-order valence-corrected chi connectivity index (χ4v) is 3.61. The van der Waals surface area contributed by atoms with Crippen LogP contribution in [0.5, 0.6) is 5.75 Å². The summed E-state index contributed by atoms with van der Waals surface area (Å²) in [6, 6.07) is 6.07. The predicted octanol–water partition coefficient (Wildman–Crippen LogP) is 5.06. The molecule has 0 spiro atoms. The Balaban J connectivity index is 2.19. The maximum atomic E-state index is 14.3. The number of halogens is 7. The molecule has 13 heteroatoms. The van der Waals surface area contributed by atoms with Crippen LogP contribution < -0.4 is 4.74 Å². The number of aromatic nitrogens is 2. The molecule has 166 valence electrons. The van der Waals surface area contributed by atoms with Crippen LogP contribution in [0.1, 0.15) is 12.1 Å². The van der Waals surface area contributed by atoms with Crippen LogP contribution in [0.4, 0.5) is 30.7 Å². The maximum absolute atomic E-state index is 14.3. The molecule has 0 atom stereocenters. The summed E-state index contributed by atoms with van der Waals surface area (Å²) < 4.78 is 120. The van der Waals surface area contributed by atoms with Gasteiger partial charge >= 0.3 is 6.36 Å². The van der Waals surface area contributed by atoms with Gasteiger partial charge in [0.25, 0.3) is 6.43 Å².